The van der Waals surface area contributed by atoms with Crippen LogP contribution in [0, 0.1) is 5.92 Å². The topological polar surface area (TPSA) is 3.24 Å². The van der Waals surface area contributed by atoms with Crippen molar-refractivity contribution < 1.29 is 0 Å². The van der Waals surface area contributed by atoms with Crippen LogP contribution in [0.3, 0.4) is 0 Å². The van der Waals surface area contributed by atoms with Crippen molar-refractivity contribution in [2.75, 3.05) is 18.2 Å². The molecule has 0 aromatic carbocycles. The Morgan fingerprint density at radius 3 is 3.08 bits per heavy atom. The minimum absolute atomic E-state index is 0.942. The SMILES string of the molecule is CC[C@H]1CC[C@@H]2CCCSCN2C1. The molecule has 0 unspecified atom stereocenters. The zero-order chi connectivity index (χ0) is 9.10. The Kier molecular flexibility index (Phi) is 3.56. The van der Waals surface area contributed by atoms with Crippen LogP contribution in [0.25, 0.3) is 0 Å². The molecule has 0 N–H and O–H groups in total. The van der Waals surface area contributed by atoms with E-state index in [1.54, 1.807) is 0 Å². The second-order valence-electron chi connectivity index (χ2n) is 4.46. The van der Waals surface area contributed by atoms with E-state index in [0.717, 1.165) is 12.0 Å². The first-order valence-corrected chi connectivity index (χ1v) is 6.87. The van der Waals surface area contributed by atoms with Crippen molar-refractivity contribution in [3.63, 3.8) is 0 Å². The average Bonchev–Trinajstić information content (AvgIpc) is 2.41. The molecule has 2 rings (SSSR count). The van der Waals surface area contributed by atoms with Gasteiger partial charge in [-0.05, 0) is 37.4 Å². The van der Waals surface area contributed by atoms with Gasteiger partial charge in [-0.15, -0.1) is 11.8 Å². The molecule has 0 aromatic rings. The number of piperidine rings is 1. The lowest BCUT2D eigenvalue weighted by Crippen LogP contribution is -2.42. The summed E-state index contributed by atoms with van der Waals surface area (Å²) in [5, 5.41) is 0. The first-order valence-electron chi connectivity index (χ1n) is 5.72. The van der Waals surface area contributed by atoms with Crippen LogP contribution in [0.1, 0.15) is 39.0 Å². The molecule has 13 heavy (non-hydrogen) atoms. The number of hydrogen-bond donors (Lipinski definition) is 0. The van der Waals surface area contributed by atoms with Gasteiger partial charge in [0, 0.05) is 18.5 Å². The minimum atomic E-state index is 0.942. The number of hydrogen-bond acceptors (Lipinski definition) is 2. The van der Waals surface area contributed by atoms with Crippen molar-refractivity contribution >= 4 is 11.8 Å². The summed E-state index contributed by atoms with van der Waals surface area (Å²) in [5.41, 5.74) is 0. The third-order valence-corrected chi connectivity index (χ3v) is 4.67. The molecule has 0 bridgehead atoms. The lowest BCUT2D eigenvalue weighted by molar-refractivity contribution is 0.124. The minimum Gasteiger partial charge on any atom is -0.291 e. The normalized spacial score (nSPS) is 36.7. The van der Waals surface area contributed by atoms with Crippen LogP contribution in [0.2, 0.25) is 0 Å². The molecule has 2 atom stereocenters. The Morgan fingerprint density at radius 1 is 1.31 bits per heavy atom. The molecule has 0 radical (unpaired) electrons. The number of thioether (sulfide) groups is 1. The molecule has 76 valence electrons. The Labute approximate surface area is 86.3 Å². The summed E-state index contributed by atoms with van der Waals surface area (Å²) in [5.74, 6) is 3.69. The third-order valence-electron chi connectivity index (χ3n) is 3.58. The van der Waals surface area contributed by atoms with Gasteiger partial charge in [-0.25, -0.2) is 0 Å². The fraction of sp³-hybridized carbons (Fsp3) is 1.00. The van der Waals surface area contributed by atoms with Crippen LogP contribution in [0.4, 0.5) is 0 Å². The van der Waals surface area contributed by atoms with Crippen LogP contribution < -0.4 is 0 Å². The van der Waals surface area contributed by atoms with Gasteiger partial charge in [0.25, 0.3) is 0 Å². The zero-order valence-corrected chi connectivity index (χ0v) is 9.48. The van der Waals surface area contributed by atoms with Crippen molar-refractivity contribution in [3.05, 3.63) is 0 Å². The number of fused-ring (bicyclic) bond motifs is 1. The van der Waals surface area contributed by atoms with E-state index in [4.69, 9.17) is 0 Å². The highest BCUT2D eigenvalue weighted by Gasteiger charge is 2.27. The van der Waals surface area contributed by atoms with Crippen molar-refractivity contribution in [2.45, 2.75) is 45.1 Å². The first kappa shape index (κ1) is 9.85. The molecular weight excluding hydrogens is 178 g/mol. The highest BCUT2D eigenvalue weighted by atomic mass is 32.2. The predicted molar refractivity (Wildman–Crippen MR) is 60.1 cm³/mol. The van der Waals surface area contributed by atoms with Gasteiger partial charge < -0.3 is 0 Å². The maximum Gasteiger partial charge on any atom is 0.0447 e. The Balaban J connectivity index is 1.91. The van der Waals surface area contributed by atoms with Crippen LogP contribution in [0.5, 0.6) is 0 Å². The molecule has 2 heterocycles. The Bertz CT molecular complexity index is 160. The largest absolute Gasteiger partial charge is 0.291 e. The molecule has 2 saturated heterocycles. The summed E-state index contributed by atoms with van der Waals surface area (Å²) < 4.78 is 0. The van der Waals surface area contributed by atoms with Gasteiger partial charge in [0.05, 0.1) is 0 Å². The van der Waals surface area contributed by atoms with Crippen LogP contribution in [-0.4, -0.2) is 29.1 Å². The summed E-state index contributed by atoms with van der Waals surface area (Å²) in [7, 11) is 0. The molecule has 0 saturated carbocycles. The summed E-state index contributed by atoms with van der Waals surface area (Å²) >= 11 is 2.14. The second kappa shape index (κ2) is 4.70. The smallest absolute Gasteiger partial charge is 0.0447 e. The monoisotopic (exact) mass is 199 g/mol. The molecule has 2 heteroatoms. The molecule has 0 aliphatic carbocycles. The standard InChI is InChI=1S/C11H21NS/c1-2-10-5-6-11-4-3-7-13-9-12(11)8-10/h10-11H,2-9H2,1H3/t10-,11-/m0/s1. The van der Waals surface area contributed by atoms with Gasteiger partial charge in [-0.3, -0.25) is 4.90 Å². The van der Waals surface area contributed by atoms with E-state index in [1.807, 2.05) is 0 Å². The van der Waals surface area contributed by atoms with Crippen LogP contribution >= 0.6 is 11.8 Å². The summed E-state index contributed by atoms with van der Waals surface area (Å²) in [4.78, 5) is 2.75. The summed E-state index contributed by atoms with van der Waals surface area (Å²) in [6.45, 7) is 3.73. The van der Waals surface area contributed by atoms with Gasteiger partial charge >= 0.3 is 0 Å². The van der Waals surface area contributed by atoms with Gasteiger partial charge in [-0.1, -0.05) is 13.3 Å². The van der Waals surface area contributed by atoms with E-state index in [2.05, 4.69) is 23.6 Å². The van der Waals surface area contributed by atoms with E-state index in [9.17, 15) is 0 Å². The van der Waals surface area contributed by atoms with Gasteiger partial charge in [-0.2, -0.15) is 0 Å². The fourth-order valence-corrected chi connectivity index (χ4v) is 3.65. The molecule has 0 spiro atoms. The zero-order valence-electron chi connectivity index (χ0n) is 8.67. The van der Waals surface area contributed by atoms with Gasteiger partial charge in [0.1, 0.15) is 0 Å². The molecular formula is C11H21NS. The maximum absolute atomic E-state index is 2.75. The van der Waals surface area contributed by atoms with E-state index in [1.165, 1.54) is 50.3 Å². The molecule has 1 nitrogen and oxygen atoms in total. The van der Waals surface area contributed by atoms with Crippen molar-refractivity contribution in [1.29, 1.82) is 0 Å². The predicted octanol–water partition coefficient (Wildman–Crippen LogP) is 2.96. The summed E-state index contributed by atoms with van der Waals surface area (Å²) in [6.07, 6.45) is 7.25. The van der Waals surface area contributed by atoms with Gasteiger partial charge in [0.2, 0.25) is 0 Å². The van der Waals surface area contributed by atoms with Crippen molar-refractivity contribution in [3.8, 4) is 0 Å². The molecule has 2 aliphatic rings. The fourth-order valence-electron chi connectivity index (χ4n) is 2.60. The molecule has 2 aliphatic heterocycles. The Hall–Kier alpha value is 0.310. The van der Waals surface area contributed by atoms with Crippen molar-refractivity contribution in [1.82, 2.24) is 4.90 Å². The maximum atomic E-state index is 2.75. The molecule has 0 amide bonds. The quantitative estimate of drug-likeness (QED) is 0.639. The number of nitrogens with zero attached hydrogens (tertiary/aromatic N) is 1. The highest BCUT2D eigenvalue weighted by molar-refractivity contribution is 7.99. The average molecular weight is 199 g/mol. The van der Waals surface area contributed by atoms with Gasteiger partial charge in [0.15, 0.2) is 0 Å². The lowest BCUT2D eigenvalue weighted by Gasteiger charge is -2.38. The van der Waals surface area contributed by atoms with E-state index >= 15 is 0 Å². The molecule has 2 fully saturated rings. The summed E-state index contributed by atoms with van der Waals surface area (Å²) in [6, 6.07) is 0.942. The van der Waals surface area contributed by atoms with E-state index < -0.39 is 0 Å². The van der Waals surface area contributed by atoms with E-state index in [0.29, 0.717) is 0 Å². The van der Waals surface area contributed by atoms with Crippen LogP contribution in [0.15, 0.2) is 0 Å². The third kappa shape index (κ3) is 2.41. The Morgan fingerprint density at radius 2 is 2.23 bits per heavy atom. The second-order valence-corrected chi connectivity index (χ2v) is 5.53. The number of rotatable bonds is 1. The highest BCUT2D eigenvalue weighted by Crippen LogP contribution is 2.30. The molecule has 0 aromatic heterocycles. The van der Waals surface area contributed by atoms with Crippen molar-refractivity contribution in [2.24, 2.45) is 5.92 Å². The first-order chi connectivity index (χ1) is 6.40. The van der Waals surface area contributed by atoms with Crippen LogP contribution in [-0.2, 0) is 0 Å². The lowest BCUT2D eigenvalue weighted by atomic mass is 9.90. The van der Waals surface area contributed by atoms with E-state index in [-0.39, 0.29) is 0 Å².